The lowest BCUT2D eigenvalue weighted by atomic mass is 10.2. The van der Waals surface area contributed by atoms with Gasteiger partial charge in [0.25, 0.3) is 0 Å². The number of rotatable bonds is 3. The fourth-order valence-corrected chi connectivity index (χ4v) is 1.65. The van der Waals surface area contributed by atoms with Gasteiger partial charge in [-0.15, -0.1) is 0 Å². The predicted octanol–water partition coefficient (Wildman–Crippen LogP) is 1.35. The largest absolute Gasteiger partial charge is 0.356 e. The number of hydrogen-bond donors (Lipinski definition) is 2. The first-order valence-electron chi connectivity index (χ1n) is 6.31. The Bertz CT molecular complexity index is 231. The van der Waals surface area contributed by atoms with Gasteiger partial charge in [0, 0.05) is 13.0 Å². The molecule has 0 saturated carbocycles. The SMILES string of the molecule is CCCCC1NC1=O.O=C1CCCCCN1. The number of hydrogen-bond acceptors (Lipinski definition) is 2. The third kappa shape index (κ3) is 5.73. The molecule has 0 radical (unpaired) electrons. The molecule has 2 aliphatic rings. The molecule has 2 fully saturated rings. The normalized spacial score (nSPS) is 23.4. The van der Waals surface area contributed by atoms with E-state index in [1.807, 2.05) is 0 Å². The van der Waals surface area contributed by atoms with Crippen molar-refractivity contribution < 1.29 is 9.59 Å². The zero-order chi connectivity index (χ0) is 11.8. The maximum absolute atomic E-state index is 10.6. The van der Waals surface area contributed by atoms with E-state index in [4.69, 9.17) is 0 Å². The van der Waals surface area contributed by atoms with Gasteiger partial charge in [-0.05, 0) is 19.3 Å². The predicted molar refractivity (Wildman–Crippen MR) is 62.9 cm³/mol. The molecule has 0 bridgehead atoms. The summed E-state index contributed by atoms with van der Waals surface area (Å²) in [6.45, 7) is 3.02. The summed E-state index contributed by atoms with van der Waals surface area (Å²) >= 11 is 0. The molecule has 92 valence electrons. The van der Waals surface area contributed by atoms with Crippen LogP contribution in [-0.2, 0) is 9.59 Å². The number of amides is 2. The molecule has 2 N–H and O–H groups in total. The van der Waals surface area contributed by atoms with E-state index < -0.39 is 0 Å². The number of nitrogens with one attached hydrogen (secondary N) is 2. The Morgan fingerprint density at radius 1 is 1.25 bits per heavy atom. The Hall–Kier alpha value is -1.06. The van der Waals surface area contributed by atoms with Gasteiger partial charge in [-0.1, -0.05) is 26.2 Å². The standard InChI is InChI=1S/2C6H11NO/c1-2-3-4-5-6(8)7-5;8-6-4-2-1-3-5-7-6/h5H,2-4H2,1H3,(H,7,8);1-5H2,(H,7,8). The Labute approximate surface area is 97.2 Å². The summed E-state index contributed by atoms with van der Waals surface area (Å²) in [6.07, 6.45) is 7.57. The smallest absolute Gasteiger partial charge is 0.243 e. The average Bonchev–Trinajstić information content (AvgIpc) is 3.01. The molecule has 4 heteroatoms. The third-order valence-corrected chi connectivity index (χ3v) is 2.80. The van der Waals surface area contributed by atoms with E-state index in [9.17, 15) is 9.59 Å². The van der Waals surface area contributed by atoms with Crippen LogP contribution >= 0.6 is 0 Å². The first-order chi connectivity index (χ1) is 7.74. The van der Waals surface area contributed by atoms with E-state index in [1.165, 1.54) is 19.3 Å². The summed E-state index contributed by atoms with van der Waals surface area (Å²) in [5.74, 6) is 0.459. The lowest BCUT2D eigenvalue weighted by Gasteiger charge is -1.93. The van der Waals surface area contributed by atoms with Gasteiger partial charge in [0.05, 0.1) is 0 Å². The van der Waals surface area contributed by atoms with Gasteiger partial charge < -0.3 is 10.6 Å². The van der Waals surface area contributed by atoms with Crippen LogP contribution in [0.1, 0.15) is 51.9 Å². The zero-order valence-corrected chi connectivity index (χ0v) is 10.1. The minimum Gasteiger partial charge on any atom is -0.356 e. The van der Waals surface area contributed by atoms with Crippen molar-refractivity contribution in [1.82, 2.24) is 10.6 Å². The van der Waals surface area contributed by atoms with Crippen molar-refractivity contribution in [3.8, 4) is 0 Å². The van der Waals surface area contributed by atoms with E-state index in [0.29, 0.717) is 0 Å². The molecular formula is C12H22N2O2. The molecule has 1 unspecified atom stereocenters. The summed E-state index contributed by atoms with van der Waals surface area (Å²) in [7, 11) is 0. The number of unbranched alkanes of at least 4 members (excludes halogenated alkanes) is 1. The Balaban J connectivity index is 0.000000160. The molecule has 0 aliphatic carbocycles. The van der Waals surface area contributed by atoms with Crippen LogP contribution in [-0.4, -0.2) is 24.4 Å². The van der Waals surface area contributed by atoms with Gasteiger partial charge in [0.2, 0.25) is 11.8 Å². The van der Waals surface area contributed by atoms with Crippen LogP contribution in [0.15, 0.2) is 0 Å². The second-order valence-corrected chi connectivity index (χ2v) is 4.36. The fraction of sp³-hybridized carbons (Fsp3) is 0.833. The molecule has 2 rings (SSSR count). The molecule has 0 spiro atoms. The van der Waals surface area contributed by atoms with Gasteiger partial charge in [0.1, 0.15) is 6.04 Å². The van der Waals surface area contributed by atoms with E-state index in [0.717, 1.165) is 32.2 Å². The Morgan fingerprint density at radius 3 is 2.62 bits per heavy atom. The molecule has 0 aromatic heterocycles. The van der Waals surface area contributed by atoms with E-state index in [-0.39, 0.29) is 17.9 Å². The Morgan fingerprint density at radius 2 is 2.00 bits per heavy atom. The van der Waals surface area contributed by atoms with Crippen molar-refractivity contribution >= 4 is 11.8 Å². The van der Waals surface area contributed by atoms with Crippen LogP contribution in [0.4, 0.5) is 0 Å². The first-order valence-corrected chi connectivity index (χ1v) is 6.31. The van der Waals surface area contributed by atoms with Gasteiger partial charge in [-0.2, -0.15) is 0 Å². The van der Waals surface area contributed by atoms with E-state index in [2.05, 4.69) is 17.6 Å². The summed E-state index contributed by atoms with van der Waals surface area (Å²) in [4.78, 5) is 20.9. The molecule has 16 heavy (non-hydrogen) atoms. The summed E-state index contributed by atoms with van der Waals surface area (Å²) in [6, 6.07) is 0.231. The van der Waals surface area contributed by atoms with Crippen LogP contribution < -0.4 is 10.6 Å². The monoisotopic (exact) mass is 226 g/mol. The molecule has 0 aromatic carbocycles. The minimum absolute atomic E-state index is 0.225. The fourth-order valence-electron chi connectivity index (χ4n) is 1.65. The van der Waals surface area contributed by atoms with Crippen molar-refractivity contribution in [2.45, 2.75) is 57.9 Å². The molecule has 2 saturated heterocycles. The highest BCUT2D eigenvalue weighted by Crippen LogP contribution is 2.08. The van der Waals surface area contributed by atoms with Crippen LogP contribution in [0.2, 0.25) is 0 Å². The maximum atomic E-state index is 10.6. The molecule has 0 aromatic rings. The van der Waals surface area contributed by atoms with Gasteiger partial charge in [-0.25, -0.2) is 0 Å². The van der Waals surface area contributed by atoms with Crippen LogP contribution in [0.5, 0.6) is 0 Å². The highest BCUT2D eigenvalue weighted by atomic mass is 16.2. The lowest BCUT2D eigenvalue weighted by molar-refractivity contribution is -0.120. The third-order valence-electron chi connectivity index (χ3n) is 2.80. The molecular weight excluding hydrogens is 204 g/mol. The van der Waals surface area contributed by atoms with Crippen LogP contribution in [0, 0.1) is 0 Å². The number of carbonyl (C=O) groups excluding carboxylic acids is 2. The molecule has 2 amide bonds. The van der Waals surface area contributed by atoms with Gasteiger partial charge in [0.15, 0.2) is 0 Å². The van der Waals surface area contributed by atoms with Gasteiger partial charge >= 0.3 is 0 Å². The maximum Gasteiger partial charge on any atom is 0.243 e. The minimum atomic E-state index is 0.225. The topological polar surface area (TPSA) is 68.1 Å². The lowest BCUT2D eigenvalue weighted by Crippen LogP contribution is -2.21. The number of carbonyl (C=O) groups is 2. The second kappa shape index (κ2) is 7.25. The van der Waals surface area contributed by atoms with Crippen molar-refractivity contribution in [1.29, 1.82) is 0 Å². The first kappa shape index (κ1) is 13.0. The highest BCUT2D eigenvalue weighted by molar-refractivity contribution is 5.96. The van der Waals surface area contributed by atoms with Crippen molar-refractivity contribution in [3.63, 3.8) is 0 Å². The van der Waals surface area contributed by atoms with Crippen molar-refractivity contribution in [3.05, 3.63) is 0 Å². The zero-order valence-electron chi connectivity index (χ0n) is 10.1. The second-order valence-electron chi connectivity index (χ2n) is 4.36. The Kier molecular flexibility index (Phi) is 5.90. The van der Waals surface area contributed by atoms with Crippen molar-refractivity contribution in [2.75, 3.05) is 6.54 Å². The summed E-state index contributed by atoms with van der Waals surface area (Å²) < 4.78 is 0. The summed E-state index contributed by atoms with van der Waals surface area (Å²) in [5, 5.41) is 5.53. The quantitative estimate of drug-likeness (QED) is 0.713. The summed E-state index contributed by atoms with van der Waals surface area (Å²) in [5.41, 5.74) is 0. The van der Waals surface area contributed by atoms with Crippen LogP contribution in [0.3, 0.4) is 0 Å². The van der Waals surface area contributed by atoms with E-state index >= 15 is 0 Å². The van der Waals surface area contributed by atoms with Crippen LogP contribution in [0.25, 0.3) is 0 Å². The van der Waals surface area contributed by atoms with E-state index in [1.54, 1.807) is 0 Å². The average molecular weight is 226 g/mol. The highest BCUT2D eigenvalue weighted by Gasteiger charge is 2.31. The molecule has 4 nitrogen and oxygen atoms in total. The van der Waals surface area contributed by atoms with Crippen molar-refractivity contribution in [2.24, 2.45) is 0 Å². The molecule has 2 aliphatic heterocycles. The van der Waals surface area contributed by atoms with Gasteiger partial charge in [-0.3, -0.25) is 9.59 Å². The molecule has 2 heterocycles. The molecule has 1 atom stereocenters.